The Morgan fingerprint density at radius 3 is 2.39 bits per heavy atom. The molecule has 0 radical (unpaired) electrons. The van der Waals surface area contributed by atoms with Crippen molar-refractivity contribution in [1.29, 1.82) is 0 Å². The van der Waals surface area contributed by atoms with Gasteiger partial charge in [-0.1, -0.05) is 54.1 Å². The molecule has 0 aliphatic carbocycles. The van der Waals surface area contributed by atoms with Gasteiger partial charge in [-0.2, -0.15) is 0 Å². The second-order valence-electron chi connectivity index (χ2n) is 8.06. The first kappa shape index (κ1) is 25.1. The van der Waals surface area contributed by atoms with E-state index in [0.29, 0.717) is 6.54 Å². The van der Waals surface area contributed by atoms with Crippen LogP contribution in [0.5, 0.6) is 0 Å². The average Bonchev–Trinajstić information content (AvgIpc) is 2.74. The van der Waals surface area contributed by atoms with E-state index in [1.165, 1.54) is 22.3 Å². The molecule has 1 amide bonds. The highest BCUT2D eigenvalue weighted by Gasteiger charge is 2.23. The maximum Gasteiger partial charge on any atom is 0.221 e. The van der Waals surface area contributed by atoms with Crippen molar-refractivity contribution in [2.45, 2.75) is 39.4 Å². The van der Waals surface area contributed by atoms with Crippen LogP contribution in [0, 0.1) is 12.8 Å². The van der Waals surface area contributed by atoms with E-state index in [0.717, 1.165) is 45.0 Å². The zero-order valence-corrected chi connectivity index (χ0v) is 20.8. The van der Waals surface area contributed by atoms with Crippen molar-refractivity contribution in [1.82, 2.24) is 15.5 Å². The maximum absolute atomic E-state index is 11.5. The molecule has 0 bridgehead atoms. The summed E-state index contributed by atoms with van der Waals surface area (Å²) in [5.74, 6) is 0.579. The number of rotatable bonds is 7. The number of likely N-dealkylation sites (tertiary alicyclic amines) is 1. The van der Waals surface area contributed by atoms with E-state index in [4.69, 9.17) is 5.73 Å². The van der Waals surface area contributed by atoms with Crippen molar-refractivity contribution >= 4 is 35.8 Å². The summed E-state index contributed by atoms with van der Waals surface area (Å²) < 4.78 is 0. The zero-order chi connectivity index (χ0) is 21.3. The van der Waals surface area contributed by atoms with Gasteiger partial charge in [-0.3, -0.25) is 14.7 Å². The predicted octanol–water partition coefficient (Wildman–Crippen LogP) is 3.18. The van der Waals surface area contributed by atoms with Crippen LogP contribution in [-0.2, 0) is 24.4 Å². The molecule has 1 aliphatic heterocycles. The lowest BCUT2D eigenvalue weighted by molar-refractivity contribution is -0.123. The lowest BCUT2D eigenvalue weighted by Gasteiger charge is -2.31. The van der Waals surface area contributed by atoms with E-state index in [1.54, 1.807) is 7.05 Å². The van der Waals surface area contributed by atoms with Crippen LogP contribution in [0.4, 0.5) is 0 Å². The number of halogens is 1. The number of carbonyl (C=O) groups is 1. The van der Waals surface area contributed by atoms with E-state index in [2.05, 4.69) is 76.0 Å². The third-order valence-corrected chi connectivity index (χ3v) is 5.53. The molecule has 2 aromatic carbocycles. The number of nitrogens with zero attached hydrogens (tertiary/aromatic N) is 2. The topological polar surface area (TPSA) is 82.8 Å². The van der Waals surface area contributed by atoms with Crippen LogP contribution in [0.1, 0.15) is 35.1 Å². The largest absolute Gasteiger partial charge is 0.369 e. The molecule has 0 saturated carbocycles. The monoisotopic (exact) mass is 535 g/mol. The van der Waals surface area contributed by atoms with Gasteiger partial charge < -0.3 is 16.4 Å². The smallest absolute Gasteiger partial charge is 0.221 e. The Labute approximate surface area is 202 Å². The van der Waals surface area contributed by atoms with Crippen LogP contribution >= 0.6 is 24.0 Å². The van der Waals surface area contributed by atoms with Crippen LogP contribution < -0.4 is 16.4 Å². The zero-order valence-electron chi connectivity index (χ0n) is 18.4. The van der Waals surface area contributed by atoms with Gasteiger partial charge in [0.25, 0.3) is 0 Å². The highest BCUT2D eigenvalue weighted by atomic mass is 127. The van der Waals surface area contributed by atoms with Gasteiger partial charge in [0.05, 0.1) is 5.92 Å². The van der Waals surface area contributed by atoms with E-state index < -0.39 is 0 Å². The standard InChI is InChI=1S/C24H33N5O.HI/c1-18-6-3-7-19(12-18)14-27-24(26-2)28-15-20-8-4-9-21(13-20)16-29-11-5-10-22(17-29)23(25)30;/h3-4,6-9,12-13,22H,5,10-11,14-17H2,1-2H3,(H2,25,30)(H2,26,27,28);1H. The Kier molecular flexibility index (Phi) is 10.3. The second kappa shape index (κ2) is 12.7. The SMILES string of the molecule is CN=C(NCc1cccc(C)c1)NCc1cccc(CN2CCCC(C(N)=O)C2)c1.I. The summed E-state index contributed by atoms with van der Waals surface area (Å²) in [6, 6.07) is 17.0. The van der Waals surface area contributed by atoms with Crippen molar-refractivity contribution in [2.24, 2.45) is 16.6 Å². The number of aryl methyl sites for hydroxylation is 1. The summed E-state index contributed by atoms with van der Waals surface area (Å²) in [4.78, 5) is 18.2. The van der Waals surface area contributed by atoms with Crippen molar-refractivity contribution in [3.05, 3.63) is 70.8 Å². The fourth-order valence-corrected chi connectivity index (χ4v) is 3.94. The molecule has 6 nitrogen and oxygen atoms in total. The van der Waals surface area contributed by atoms with Crippen LogP contribution in [0.25, 0.3) is 0 Å². The van der Waals surface area contributed by atoms with Gasteiger partial charge in [-0.15, -0.1) is 24.0 Å². The molecule has 1 aliphatic rings. The Bertz CT molecular complexity index is 886. The number of amides is 1. The van der Waals surface area contributed by atoms with Crippen LogP contribution in [0.3, 0.4) is 0 Å². The van der Waals surface area contributed by atoms with Gasteiger partial charge in [0, 0.05) is 33.2 Å². The highest BCUT2D eigenvalue weighted by molar-refractivity contribution is 14.0. The summed E-state index contributed by atoms with van der Waals surface area (Å²) in [6.07, 6.45) is 1.93. The number of nitrogens with two attached hydrogens (primary N) is 1. The van der Waals surface area contributed by atoms with Crippen molar-refractivity contribution in [3.63, 3.8) is 0 Å². The average molecular weight is 535 g/mol. The molecular weight excluding hydrogens is 501 g/mol. The molecule has 0 spiro atoms. The van der Waals surface area contributed by atoms with Gasteiger partial charge in [-0.05, 0) is 43.0 Å². The Hall–Kier alpha value is -2.13. The molecule has 1 unspecified atom stereocenters. The van der Waals surface area contributed by atoms with Gasteiger partial charge in [-0.25, -0.2) is 0 Å². The normalized spacial score (nSPS) is 17.0. The molecule has 1 saturated heterocycles. The summed E-state index contributed by atoms with van der Waals surface area (Å²) >= 11 is 0. The van der Waals surface area contributed by atoms with Crippen molar-refractivity contribution in [3.8, 4) is 0 Å². The number of primary amides is 1. The molecule has 4 N–H and O–H groups in total. The van der Waals surface area contributed by atoms with Gasteiger partial charge in [0.2, 0.25) is 5.91 Å². The number of benzene rings is 2. The number of carbonyl (C=O) groups excluding carboxylic acids is 1. The van der Waals surface area contributed by atoms with Gasteiger partial charge >= 0.3 is 0 Å². The first-order chi connectivity index (χ1) is 14.5. The molecule has 31 heavy (non-hydrogen) atoms. The van der Waals surface area contributed by atoms with E-state index >= 15 is 0 Å². The van der Waals surface area contributed by atoms with Gasteiger partial charge in [0.1, 0.15) is 0 Å². The predicted molar refractivity (Wildman–Crippen MR) is 137 cm³/mol. The van der Waals surface area contributed by atoms with Crippen LogP contribution in [-0.4, -0.2) is 36.9 Å². The minimum atomic E-state index is -0.179. The van der Waals surface area contributed by atoms with Crippen molar-refractivity contribution in [2.75, 3.05) is 20.1 Å². The van der Waals surface area contributed by atoms with Crippen LogP contribution in [0.15, 0.2) is 53.5 Å². The lowest BCUT2D eigenvalue weighted by Crippen LogP contribution is -2.40. The number of aliphatic imine (C=N–C) groups is 1. The summed E-state index contributed by atoms with van der Waals surface area (Å²) in [7, 11) is 1.79. The maximum atomic E-state index is 11.5. The highest BCUT2D eigenvalue weighted by Crippen LogP contribution is 2.18. The number of guanidine groups is 1. The molecule has 0 aromatic heterocycles. The number of hydrogen-bond acceptors (Lipinski definition) is 3. The fraction of sp³-hybridized carbons (Fsp3) is 0.417. The molecule has 168 valence electrons. The summed E-state index contributed by atoms with van der Waals surface area (Å²) in [5, 5.41) is 6.75. The number of hydrogen-bond donors (Lipinski definition) is 3. The summed E-state index contributed by atoms with van der Waals surface area (Å²) in [5.41, 5.74) is 10.4. The lowest BCUT2D eigenvalue weighted by atomic mass is 9.97. The van der Waals surface area contributed by atoms with Crippen molar-refractivity contribution < 1.29 is 4.79 Å². The molecule has 1 fully saturated rings. The molecule has 1 atom stereocenters. The minimum absolute atomic E-state index is 0. The third-order valence-electron chi connectivity index (χ3n) is 5.53. The molecule has 2 aromatic rings. The van der Waals surface area contributed by atoms with E-state index in [-0.39, 0.29) is 35.8 Å². The molecule has 3 rings (SSSR count). The second-order valence-corrected chi connectivity index (χ2v) is 8.06. The quantitative estimate of drug-likeness (QED) is 0.289. The first-order valence-corrected chi connectivity index (χ1v) is 10.6. The summed E-state index contributed by atoms with van der Waals surface area (Å²) in [6.45, 7) is 6.15. The minimum Gasteiger partial charge on any atom is -0.369 e. The number of piperidine rings is 1. The van der Waals surface area contributed by atoms with Gasteiger partial charge in [0.15, 0.2) is 5.96 Å². The first-order valence-electron chi connectivity index (χ1n) is 10.6. The Morgan fingerprint density at radius 2 is 1.74 bits per heavy atom. The van der Waals surface area contributed by atoms with E-state index in [1.807, 2.05) is 0 Å². The number of nitrogens with one attached hydrogen (secondary N) is 2. The van der Waals surface area contributed by atoms with Crippen LogP contribution in [0.2, 0.25) is 0 Å². The fourth-order valence-electron chi connectivity index (χ4n) is 3.94. The molecule has 7 heteroatoms. The Morgan fingerprint density at radius 1 is 1.10 bits per heavy atom. The van der Waals surface area contributed by atoms with E-state index in [9.17, 15) is 4.79 Å². The third kappa shape index (κ3) is 8.14. The Balaban J connectivity index is 0.00000341. The molecular formula is C24H34IN5O. The molecule has 1 heterocycles.